The van der Waals surface area contributed by atoms with Gasteiger partial charge in [-0.2, -0.15) is 0 Å². The predicted octanol–water partition coefficient (Wildman–Crippen LogP) is 4.27. The van der Waals surface area contributed by atoms with Crippen molar-refractivity contribution < 1.29 is 9.53 Å². The fraction of sp³-hybridized carbons (Fsp3) is 0.588. The normalized spacial score (nSPS) is 16.7. The Morgan fingerprint density at radius 1 is 1.19 bits per heavy atom. The Morgan fingerprint density at radius 3 is 2.29 bits per heavy atom. The average Bonchev–Trinajstić information content (AvgIpc) is 2.38. The number of piperidine rings is 1. The molecule has 1 amide bonds. The minimum atomic E-state index is -0.478. The highest BCUT2D eigenvalue weighted by molar-refractivity contribution is 5.85. The van der Waals surface area contributed by atoms with Gasteiger partial charge in [-0.25, -0.2) is 4.79 Å². The molecule has 4 heteroatoms. The summed E-state index contributed by atoms with van der Waals surface area (Å²) in [6.07, 6.45) is 2.08. The molecule has 4 nitrogen and oxygen atoms in total. The molecule has 1 saturated heterocycles. The van der Waals surface area contributed by atoms with E-state index in [1.807, 2.05) is 32.9 Å². The Balaban J connectivity index is 1.91. The second kappa shape index (κ2) is 6.37. The lowest BCUT2D eigenvalue weighted by Gasteiger charge is -2.32. The number of hydrogen-bond acceptors (Lipinski definition) is 3. The molecular weight excluding hydrogens is 264 g/mol. The summed E-state index contributed by atoms with van der Waals surface area (Å²) in [5.74, 6) is 0.828. The van der Waals surface area contributed by atoms with Gasteiger partial charge in [0.05, 0.1) is 0 Å². The molecule has 0 saturated carbocycles. The second-order valence-electron chi connectivity index (χ2n) is 6.84. The van der Waals surface area contributed by atoms with Crippen LogP contribution in [0.5, 0.6) is 0 Å². The molecule has 2 rings (SSSR count). The minimum absolute atomic E-state index is 0.415. The molecule has 0 unspecified atom stereocenters. The quantitative estimate of drug-likeness (QED) is 0.884. The van der Waals surface area contributed by atoms with Gasteiger partial charge >= 0.3 is 6.09 Å². The van der Waals surface area contributed by atoms with Crippen molar-refractivity contribution in [3.63, 3.8) is 0 Å². The molecule has 0 radical (unpaired) electrons. The molecule has 1 aromatic rings. The Labute approximate surface area is 127 Å². The summed E-state index contributed by atoms with van der Waals surface area (Å²) < 4.78 is 5.24. The van der Waals surface area contributed by atoms with Crippen molar-refractivity contribution in [3.8, 4) is 0 Å². The first-order chi connectivity index (χ1) is 9.83. The number of hydrogen-bond donors (Lipinski definition) is 1. The molecule has 1 heterocycles. The largest absolute Gasteiger partial charge is 0.444 e. The number of carbonyl (C=O) groups is 1. The summed E-state index contributed by atoms with van der Waals surface area (Å²) in [6.45, 7) is 10.1. The van der Waals surface area contributed by atoms with Crippen LogP contribution in [0.25, 0.3) is 0 Å². The zero-order valence-electron chi connectivity index (χ0n) is 13.5. The van der Waals surface area contributed by atoms with E-state index >= 15 is 0 Å². The molecule has 1 aliphatic rings. The Kier molecular flexibility index (Phi) is 4.76. The minimum Gasteiger partial charge on any atom is -0.444 e. The third-order valence-corrected chi connectivity index (χ3v) is 3.66. The number of nitrogens with zero attached hydrogens (tertiary/aromatic N) is 1. The van der Waals surface area contributed by atoms with Crippen LogP contribution in [0.15, 0.2) is 24.3 Å². The summed E-state index contributed by atoms with van der Waals surface area (Å²) >= 11 is 0. The van der Waals surface area contributed by atoms with Crippen molar-refractivity contribution in [2.75, 3.05) is 23.3 Å². The molecule has 0 aliphatic carbocycles. The summed E-state index contributed by atoms with van der Waals surface area (Å²) in [7, 11) is 0. The van der Waals surface area contributed by atoms with Crippen LogP contribution in [-0.2, 0) is 4.74 Å². The van der Waals surface area contributed by atoms with Gasteiger partial charge in [-0.15, -0.1) is 0 Å². The van der Waals surface area contributed by atoms with Crippen LogP contribution in [0.2, 0.25) is 0 Å². The van der Waals surface area contributed by atoms with E-state index in [2.05, 4.69) is 29.3 Å². The molecule has 0 spiro atoms. The van der Waals surface area contributed by atoms with Gasteiger partial charge in [0.2, 0.25) is 0 Å². The third-order valence-electron chi connectivity index (χ3n) is 3.66. The van der Waals surface area contributed by atoms with Gasteiger partial charge in [-0.3, -0.25) is 5.32 Å². The van der Waals surface area contributed by atoms with Crippen molar-refractivity contribution in [3.05, 3.63) is 24.3 Å². The molecule has 21 heavy (non-hydrogen) atoms. The molecule has 0 atom stereocenters. The zero-order chi connectivity index (χ0) is 15.5. The summed E-state index contributed by atoms with van der Waals surface area (Å²) in [5, 5.41) is 2.76. The van der Waals surface area contributed by atoms with Crippen LogP contribution in [0.1, 0.15) is 40.5 Å². The molecule has 1 aromatic carbocycles. The molecule has 0 bridgehead atoms. The number of rotatable bonds is 2. The number of ether oxygens (including phenoxy) is 1. The highest BCUT2D eigenvalue weighted by Gasteiger charge is 2.17. The van der Waals surface area contributed by atoms with Gasteiger partial charge < -0.3 is 9.64 Å². The molecule has 0 aromatic heterocycles. The van der Waals surface area contributed by atoms with Crippen molar-refractivity contribution in [1.82, 2.24) is 0 Å². The Morgan fingerprint density at radius 2 is 1.76 bits per heavy atom. The van der Waals surface area contributed by atoms with Crippen LogP contribution in [-0.4, -0.2) is 24.8 Å². The van der Waals surface area contributed by atoms with E-state index in [9.17, 15) is 4.79 Å². The van der Waals surface area contributed by atoms with Crippen LogP contribution >= 0.6 is 0 Å². The highest BCUT2D eigenvalue weighted by Crippen LogP contribution is 2.24. The van der Waals surface area contributed by atoms with Gasteiger partial charge in [0.25, 0.3) is 0 Å². The molecule has 1 aliphatic heterocycles. The zero-order valence-corrected chi connectivity index (χ0v) is 13.5. The second-order valence-corrected chi connectivity index (χ2v) is 6.84. The number of carbonyl (C=O) groups excluding carboxylic acids is 1. The average molecular weight is 290 g/mol. The maximum absolute atomic E-state index is 11.7. The fourth-order valence-electron chi connectivity index (χ4n) is 2.44. The summed E-state index contributed by atoms with van der Waals surface area (Å²) in [6, 6.07) is 7.97. The lowest BCUT2D eigenvalue weighted by atomic mass is 9.99. The highest BCUT2D eigenvalue weighted by atomic mass is 16.6. The van der Waals surface area contributed by atoms with Crippen molar-refractivity contribution in [2.45, 2.75) is 46.1 Å². The van der Waals surface area contributed by atoms with Gasteiger partial charge in [0.1, 0.15) is 5.60 Å². The van der Waals surface area contributed by atoms with E-state index in [1.54, 1.807) is 0 Å². The lowest BCUT2D eigenvalue weighted by molar-refractivity contribution is 0.0636. The van der Waals surface area contributed by atoms with E-state index < -0.39 is 11.7 Å². The lowest BCUT2D eigenvalue weighted by Crippen LogP contribution is -2.32. The van der Waals surface area contributed by atoms with Crippen molar-refractivity contribution in [2.24, 2.45) is 5.92 Å². The molecule has 1 fully saturated rings. The number of benzene rings is 1. The van der Waals surface area contributed by atoms with E-state index in [0.29, 0.717) is 0 Å². The van der Waals surface area contributed by atoms with Gasteiger partial charge in [0, 0.05) is 24.5 Å². The SMILES string of the molecule is CC1CCN(c2ccc(NC(=O)OC(C)(C)C)cc2)CC1. The van der Waals surface area contributed by atoms with Gasteiger partial charge in [-0.1, -0.05) is 6.92 Å². The molecular formula is C17H26N2O2. The van der Waals surface area contributed by atoms with Crippen LogP contribution in [0, 0.1) is 5.92 Å². The Bertz CT molecular complexity index is 469. The maximum Gasteiger partial charge on any atom is 0.412 e. The van der Waals surface area contributed by atoms with Crippen LogP contribution in [0.3, 0.4) is 0 Å². The van der Waals surface area contributed by atoms with E-state index in [1.165, 1.54) is 18.5 Å². The predicted molar refractivity (Wildman–Crippen MR) is 86.9 cm³/mol. The van der Waals surface area contributed by atoms with Crippen LogP contribution < -0.4 is 10.2 Å². The fourth-order valence-corrected chi connectivity index (χ4v) is 2.44. The number of anilines is 2. The van der Waals surface area contributed by atoms with E-state index in [0.717, 1.165) is 24.7 Å². The number of amides is 1. The van der Waals surface area contributed by atoms with Crippen molar-refractivity contribution in [1.29, 1.82) is 0 Å². The first-order valence-corrected chi connectivity index (χ1v) is 7.68. The van der Waals surface area contributed by atoms with Crippen LogP contribution in [0.4, 0.5) is 16.2 Å². The van der Waals surface area contributed by atoms with Gasteiger partial charge in [0.15, 0.2) is 0 Å². The molecule has 116 valence electrons. The summed E-state index contributed by atoms with van der Waals surface area (Å²) in [5.41, 5.74) is 1.50. The summed E-state index contributed by atoms with van der Waals surface area (Å²) in [4.78, 5) is 14.1. The van der Waals surface area contributed by atoms with Crippen molar-refractivity contribution >= 4 is 17.5 Å². The van der Waals surface area contributed by atoms with Gasteiger partial charge in [-0.05, 0) is 63.8 Å². The third kappa shape index (κ3) is 4.96. The van der Waals surface area contributed by atoms with E-state index in [-0.39, 0.29) is 0 Å². The standard InChI is InChI=1S/C17H26N2O2/c1-13-9-11-19(12-10-13)15-7-5-14(6-8-15)18-16(20)21-17(2,3)4/h5-8,13H,9-12H2,1-4H3,(H,18,20). The Hall–Kier alpha value is -1.71. The first kappa shape index (κ1) is 15.7. The maximum atomic E-state index is 11.7. The topological polar surface area (TPSA) is 41.6 Å². The monoisotopic (exact) mass is 290 g/mol. The molecule has 1 N–H and O–H groups in total. The first-order valence-electron chi connectivity index (χ1n) is 7.68. The number of nitrogens with one attached hydrogen (secondary N) is 1. The van der Waals surface area contributed by atoms with E-state index in [4.69, 9.17) is 4.74 Å². The smallest absolute Gasteiger partial charge is 0.412 e.